The quantitative estimate of drug-likeness (QED) is 0.801. The average molecular weight is 303 g/mol. The molecule has 0 saturated carbocycles. The topological polar surface area (TPSA) is 25.2 Å². The minimum absolute atomic E-state index is 0.0427. The molecule has 0 aliphatic rings. The number of rotatable bonds is 5. The van der Waals surface area contributed by atoms with Gasteiger partial charge < -0.3 is 9.73 Å². The van der Waals surface area contributed by atoms with Crippen molar-refractivity contribution in [1.29, 1.82) is 0 Å². The van der Waals surface area contributed by atoms with Crippen molar-refractivity contribution in [3.8, 4) is 11.3 Å². The van der Waals surface area contributed by atoms with Crippen LogP contribution in [0.1, 0.15) is 46.8 Å². The molecular weight excluding hydrogens is 277 g/mol. The predicted octanol–water partition coefficient (Wildman–Crippen LogP) is 5.39. The Morgan fingerprint density at radius 1 is 0.955 bits per heavy atom. The van der Waals surface area contributed by atoms with Crippen LogP contribution < -0.4 is 5.32 Å². The van der Waals surface area contributed by atoms with E-state index in [1.54, 1.807) is 12.1 Å². The largest absolute Gasteiger partial charge is 0.460 e. The highest BCUT2D eigenvalue weighted by molar-refractivity contribution is 5.57. The Morgan fingerprint density at radius 3 is 2.18 bits per heavy atom. The number of furan rings is 1. The minimum atomic E-state index is -0.235. The Balaban J connectivity index is 1.99. The van der Waals surface area contributed by atoms with E-state index < -0.39 is 0 Å². The van der Waals surface area contributed by atoms with E-state index in [2.05, 4.69) is 39.9 Å². The lowest BCUT2D eigenvalue weighted by Crippen LogP contribution is -2.41. The van der Waals surface area contributed by atoms with E-state index in [-0.39, 0.29) is 16.8 Å². The molecule has 1 N–H and O–H groups in total. The summed E-state index contributed by atoms with van der Waals surface area (Å²) in [7, 11) is 0. The first-order chi connectivity index (χ1) is 10.1. The molecule has 0 fully saturated rings. The van der Waals surface area contributed by atoms with Crippen LogP contribution in [0, 0.1) is 11.2 Å². The molecule has 1 aromatic carbocycles. The average Bonchev–Trinajstić information content (AvgIpc) is 2.83. The normalized spacial score (nSPS) is 12.6. The number of hydrogen-bond acceptors (Lipinski definition) is 2. The maximum Gasteiger partial charge on any atom is 0.134 e. The van der Waals surface area contributed by atoms with E-state index >= 15 is 0 Å². The highest BCUT2D eigenvalue weighted by Crippen LogP contribution is 2.27. The number of halogens is 1. The summed E-state index contributed by atoms with van der Waals surface area (Å²) in [5.74, 6) is 1.42. The van der Waals surface area contributed by atoms with Gasteiger partial charge in [-0.1, -0.05) is 20.8 Å². The first kappa shape index (κ1) is 16.8. The monoisotopic (exact) mass is 303 g/mol. The zero-order valence-corrected chi connectivity index (χ0v) is 14.2. The lowest BCUT2D eigenvalue weighted by atomic mass is 9.82. The molecule has 3 heteroatoms. The van der Waals surface area contributed by atoms with Gasteiger partial charge in [-0.25, -0.2) is 4.39 Å². The van der Waals surface area contributed by atoms with Crippen molar-refractivity contribution in [3.63, 3.8) is 0 Å². The van der Waals surface area contributed by atoms with E-state index in [1.165, 1.54) is 12.1 Å². The molecule has 22 heavy (non-hydrogen) atoms. The molecule has 120 valence electrons. The van der Waals surface area contributed by atoms with Crippen LogP contribution in [-0.4, -0.2) is 5.54 Å². The van der Waals surface area contributed by atoms with Crippen molar-refractivity contribution < 1.29 is 8.81 Å². The summed E-state index contributed by atoms with van der Waals surface area (Å²) in [6, 6.07) is 10.3. The van der Waals surface area contributed by atoms with Crippen molar-refractivity contribution in [3.05, 3.63) is 48.0 Å². The van der Waals surface area contributed by atoms with Gasteiger partial charge in [-0.2, -0.15) is 0 Å². The first-order valence-electron chi connectivity index (χ1n) is 7.74. The van der Waals surface area contributed by atoms with Gasteiger partial charge in [-0.3, -0.25) is 0 Å². The molecule has 0 saturated heterocycles. The van der Waals surface area contributed by atoms with Gasteiger partial charge in [0.15, 0.2) is 0 Å². The van der Waals surface area contributed by atoms with E-state index in [0.29, 0.717) is 6.54 Å². The third kappa shape index (κ3) is 4.99. The van der Waals surface area contributed by atoms with Crippen molar-refractivity contribution in [2.24, 2.45) is 5.41 Å². The van der Waals surface area contributed by atoms with E-state index in [0.717, 1.165) is 23.5 Å². The third-order valence-electron chi connectivity index (χ3n) is 3.50. The SMILES string of the molecule is CC(C)(C)CC(C)(C)NCc1ccc(-c2ccc(F)cc2)o1. The molecule has 0 unspecified atom stereocenters. The zero-order chi connectivity index (χ0) is 16.4. The fraction of sp³-hybridized carbons (Fsp3) is 0.474. The first-order valence-corrected chi connectivity index (χ1v) is 7.74. The van der Waals surface area contributed by atoms with Gasteiger partial charge in [-0.15, -0.1) is 0 Å². The molecule has 2 nitrogen and oxygen atoms in total. The van der Waals surface area contributed by atoms with Crippen LogP contribution in [0.4, 0.5) is 4.39 Å². The molecule has 0 radical (unpaired) electrons. The molecule has 1 aromatic heterocycles. The smallest absolute Gasteiger partial charge is 0.134 e. The summed E-state index contributed by atoms with van der Waals surface area (Å²) in [4.78, 5) is 0. The second kappa shape index (κ2) is 6.25. The Kier molecular flexibility index (Phi) is 4.76. The third-order valence-corrected chi connectivity index (χ3v) is 3.50. The maximum atomic E-state index is 13.0. The number of benzene rings is 1. The predicted molar refractivity (Wildman–Crippen MR) is 89.1 cm³/mol. The van der Waals surface area contributed by atoms with Crippen molar-refractivity contribution in [1.82, 2.24) is 5.32 Å². The summed E-state index contributed by atoms with van der Waals surface area (Å²) in [6.45, 7) is 11.8. The fourth-order valence-corrected chi connectivity index (χ4v) is 2.96. The number of hydrogen-bond donors (Lipinski definition) is 1. The van der Waals surface area contributed by atoms with Gasteiger partial charge in [0.1, 0.15) is 17.3 Å². The van der Waals surface area contributed by atoms with Crippen LogP contribution in [0.5, 0.6) is 0 Å². The van der Waals surface area contributed by atoms with Gasteiger partial charge >= 0.3 is 0 Å². The molecular formula is C19H26FNO. The van der Waals surface area contributed by atoms with Crippen LogP contribution in [0.25, 0.3) is 11.3 Å². The van der Waals surface area contributed by atoms with Gasteiger partial charge in [0, 0.05) is 11.1 Å². The molecule has 2 rings (SSSR count). The lowest BCUT2D eigenvalue weighted by Gasteiger charge is -2.33. The van der Waals surface area contributed by atoms with Crippen LogP contribution in [0.3, 0.4) is 0 Å². The standard InChI is InChI=1S/C19H26FNO/c1-18(2,3)13-19(4,5)21-12-16-10-11-17(22-16)14-6-8-15(20)9-7-14/h6-11,21H,12-13H2,1-5H3. The van der Waals surface area contributed by atoms with Crippen LogP contribution in [-0.2, 0) is 6.54 Å². The van der Waals surface area contributed by atoms with Crippen LogP contribution >= 0.6 is 0 Å². The van der Waals surface area contributed by atoms with Crippen molar-refractivity contribution >= 4 is 0 Å². The van der Waals surface area contributed by atoms with Crippen LogP contribution in [0.15, 0.2) is 40.8 Å². The highest BCUT2D eigenvalue weighted by atomic mass is 19.1. The second-order valence-electron chi connectivity index (χ2n) is 7.75. The Hall–Kier alpha value is -1.61. The number of nitrogens with one attached hydrogen (secondary N) is 1. The zero-order valence-electron chi connectivity index (χ0n) is 14.2. The molecule has 0 bridgehead atoms. The van der Waals surface area contributed by atoms with E-state index in [1.807, 2.05) is 12.1 Å². The van der Waals surface area contributed by atoms with Gasteiger partial charge in [-0.05, 0) is 62.1 Å². The minimum Gasteiger partial charge on any atom is -0.460 e. The maximum absolute atomic E-state index is 13.0. The van der Waals surface area contributed by atoms with E-state index in [4.69, 9.17) is 4.42 Å². The second-order valence-corrected chi connectivity index (χ2v) is 7.75. The summed E-state index contributed by atoms with van der Waals surface area (Å²) >= 11 is 0. The van der Waals surface area contributed by atoms with Crippen molar-refractivity contribution in [2.45, 2.75) is 53.1 Å². The fourth-order valence-electron chi connectivity index (χ4n) is 2.96. The Bertz CT molecular complexity index is 605. The molecule has 1 heterocycles. The molecule has 0 aliphatic heterocycles. The summed E-state index contributed by atoms with van der Waals surface area (Å²) in [6.07, 6.45) is 1.07. The van der Waals surface area contributed by atoms with Gasteiger partial charge in [0.2, 0.25) is 0 Å². The summed E-state index contributed by atoms with van der Waals surface area (Å²) in [5, 5.41) is 3.55. The Morgan fingerprint density at radius 2 is 1.59 bits per heavy atom. The Labute approximate surface area is 132 Å². The van der Waals surface area contributed by atoms with Gasteiger partial charge in [0.05, 0.1) is 6.54 Å². The summed E-state index contributed by atoms with van der Waals surface area (Å²) < 4.78 is 18.8. The van der Waals surface area contributed by atoms with Crippen LogP contribution in [0.2, 0.25) is 0 Å². The molecule has 0 atom stereocenters. The highest BCUT2D eigenvalue weighted by Gasteiger charge is 2.25. The molecule has 0 aliphatic carbocycles. The molecule has 0 amide bonds. The summed E-state index contributed by atoms with van der Waals surface area (Å²) in [5.41, 5.74) is 1.21. The molecule has 2 aromatic rings. The van der Waals surface area contributed by atoms with Gasteiger partial charge in [0.25, 0.3) is 0 Å². The van der Waals surface area contributed by atoms with E-state index in [9.17, 15) is 4.39 Å². The lowest BCUT2D eigenvalue weighted by molar-refractivity contribution is 0.236. The molecule has 0 spiro atoms. The van der Waals surface area contributed by atoms with Crippen molar-refractivity contribution in [2.75, 3.05) is 0 Å².